The van der Waals surface area contributed by atoms with E-state index in [0.29, 0.717) is 43.7 Å². The summed E-state index contributed by atoms with van der Waals surface area (Å²) < 4.78 is 1.68. The predicted octanol–water partition coefficient (Wildman–Crippen LogP) is 1.73. The standard InChI is InChI=1S/C19H24N4O3/c1-13-5-6-17(24)15(11-13)18(25)22-7-4-8-23(10-9-22)19(26)16-12-20-21(3)14(16)2/h5-6,11-12,24H,4,7-10H2,1-3H3. The largest absolute Gasteiger partial charge is 0.507 e. The van der Waals surface area contributed by atoms with Gasteiger partial charge in [-0.25, -0.2) is 0 Å². The molecule has 1 aromatic carbocycles. The lowest BCUT2D eigenvalue weighted by molar-refractivity contribution is 0.0716. The van der Waals surface area contributed by atoms with Gasteiger partial charge >= 0.3 is 0 Å². The second-order valence-electron chi connectivity index (χ2n) is 6.73. The zero-order chi connectivity index (χ0) is 18.8. The van der Waals surface area contributed by atoms with Gasteiger partial charge in [-0.05, 0) is 32.4 Å². The van der Waals surface area contributed by atoms with Gasteiger partial charge in [-0.15, -0.1) is 0 Å². The normalized spacial score (nSPS) is 15.0. The summed E-state index contributed by atoms with van der Waals surface area (Å²) >= 11 is 0. The van der Waals surface area contributed by atoms with Crippen molar-refractivity contribution in [3.8, 4) is 5.75 Å². The zero-order valence-electron chi connectivity index (χ0n) is 15.4. The molecule has 1 aromatic heterocycles. The first-order valence-electron chi connectivity index (χ1n) is 8.75. The molecule has 7 heteroatoms. The molecule has 26 heavy (non-hydrogen) atoms. The van der Waals surface area contributed by atoms with Crippen molar-refractivity contribution < 1.29 is 14.7 Å². The fourth-order valence-electron chi connectivity index (χ4n) is 3.19. The molecule has 2 amide bonds. The van der Waals surface area contributed by atoms with Crippen molar-refractivity contribution in [3.63, 3.8) is 0 Å². The molecule has 1 aliphatic rings. The second kappa shape index (κ2) is 7.19. The molecule has 2 aromatic rings. The molecule has 0 spiro atoms. The maximum atomic E-state index is 12.8. The van der Waals surface area contributed by atoms with E-state index in [1.54, 1.807) is 38.9 Å². The Bertz CT molecular complexity index is 843. The van der Waals surface area contributed by atoms with E-state index in [1.807, 2.05) is 20.9 Å². The molecule has 2 heterocycles. The number of nitrogens with zero attached hydrogens (tertiary/aromatic N) is 4. The molecular weight excluding hydrogens is 332 g/mol. The third-order valence-corrected chi connectivity index (χ3v) is 4.92. The monoisotopic (exact) mass is 356 g/mol. The minimum absolute atomic E-state index is 0.0104. The molecule has 0 aliphatic carbocycles. The number of hydrogen-bond acceptors (Lipinski definition) is 4. The van der Waals surface area contributed by atoms with Crippen LogP contribution in [0.5, 0.6) is 5.75 Å². The van der Waals surface area contributed by atoms with E-state index >= 15 is 0 Å². The summed E-state index contributed by atoms with van der Waals surface area (Å²) in [6.45, 7) is 5.81. The number of benzene rings is 1. The molecule has 0 bridgehead atoms. The van der Waals surface area contributed by atoms with Crippen LogP contribution in [-0.2, 0) is 7.05 Å². The average Bonchev–Trinajstić information content (AvgIpc) is 2.83. The van der Waals surface area contributed by atoms with Crippen molar-refractivity contribution in [2.24, 2.45) is 7.05 Å². The Morgan fingerprint density at radius 2 is 1.62 bits per heavy atom. The van der Waals surface area contributed by atoms with Gasteiger partial charge < -0.3 is 14.9 Å². The van der Waals surface area contributed by atoms with Crippen LogP contribution in [0.25, 0.3) is 0 Å². The minimum Gasteiger partial charge on any atom is -0.507 e. The van der Waals surface area contributed by atoms with Crippen LogP contribution in [0.15, 0.2) is 24.4 Å². The number of aromatic hydroxyl groups is 1. The van der Waals surface area contributed by atoms with Crippen molar-refractivity contribution in [1.29, 1.82) is 0 Å². The highest BCUT2D eigenvalue weighted by Gasteiger charge is 2.26. The lowest BCUT2D eigenvalue weighted by Crippen LogP contribution is -2.37. The molecule has 3 rings (SSSR count). The van der Waals surface area contributed by atoms with E-state index in [9.17, 15) is 14.7 Å². The highest BCUT2D eigenvalue weighted by atomic mass is 16.3. The maximum Gasteiger partial charge on any atom is 0.257 e. The lowest BCUT2D eigenvalue weighted by Gasteiger charge is -2.22. The molecule has 1 saturated heterocycles. The number of hydrogen-bond donors (Lipinski definition) is 1. The predicted molar refractivity (Wildman–Crippen MR) is 97.2 cm³/mol. The summed E-state index contributed by atoms with van der Waals surface area (Å²) in [5, 5.41) is 14.1. The number of aryl methyl sites for hydroxylation is 2. The van der Waals surface area contributed by atoms with Crippen LogP contribution in [0.3, 0.4) is 0 Å². The van der Waals surface area contributed by atoms with Gasteiger partial charge in [-0.1, -0.05) is 11.6 Å². The van der Waals surface area contributed by atoms with Crippen LogP contribution in [0.2, 0.25) is 0 Å². The first kappa shape index (κ1) is 18.0. The van der Waals surface area contributed by atoms with E-state index in [2.05, 4.69) is 5.10 Å². The van der Waals surface area contributed by atoms with Crippen molar-refractivity contribution >= 4 is 11.8 Å². The number of carbonyl (C=O) groups is 2. The fourth-order valence-corrected chi connectivity index (χ4v) is 3.19. The molecule has 7 nitrogen and oxygen atoms in total. The third kappa shape index (κ3) is 3.42. The zero-order valence-corrected chi connectivity index (χ0v) is 15.4. The third-order valence-electron chi connectivity index (χ3n) is 4.92. The smallest absolute Gasteiger partial charge is 0.257 e. The van der Waals surface area contributed by atoms with E-state index in [0.717, 1.165) is 11.3 Å². The van der Waals surface area contributed by atoms with Gasteiger partial charge in [0.25, 0.3) is 11.8 Å². The van der Waals surface area contributed by atoms with Gasteiger partial charge in [-0.2, -0.15) is 5.10 Å². The molecule has 138 valence electrons. The highest BCUT2D eigenvalue weighted by molar-refractivity contribution is 5.97. The van der Waals surface area contributed by atoms with Crippen LogP contribution in [0.4, 0.5) is 0 Å². The average molecular weight is 356 g/mol. The molecule has 0 radical (unpaired) electrons. The molecule has 1 fully saturated rings. The van der Waals surface area contributed by atoms with Gasteiger partial charge in [0.1, 0.15) is 5.75 Å². The summed E-state index contributed by atoms with van der Waals surface area (Å²) in [6.07, 6.45) is 2.29. The van der Waals surface area contributed by atoms with E-state index < -0.39 is 0 Å². The summed E-state index contributed by atoms with van der Waals surface area (Å²) in [4.78, 5) is 29.0. The topological polar surface area (TPSA) is 78.7 Å². The number of rotatable bonds is 2. The minimum atomic E-state index is -0.196. The molecular formula is C19H24N4O3. The molecule has 0 saturated carbocycles. The van der Waals surface area contributed by atoms with Gasteiger partial charge in [0.2, 0.25) is 0 Å². The van der Waals surface area contributed by atoms with E-state index in [4.69, 9.17) is 0 Å². The SMILES string of the molecule is Cc1ccc(O)c(C(=O)N2CCCN(C(=O)c3cnn(C)c3C)CC2)c1. The Hall–Kier alpha value is -2.83. The number of carbonyl (C=O) groups excluding carboxylic acids is 2. The van der Waals surface area contributed by atoms with E-state index in [-0.39, 0.29) is 17.6 Å². The Labute approximate surface area is 152 Å². The second-order valence-corrected chi connectivity index (χ2v) is 6.73. The van der Waals surface area contributed by atoms with E-state index in [1.165, 1.54) is 0 Å². The highest BCUT2D eigenvalue weighted by Crippen LogP contribution is 2.21. The Morgan fingerprint density at radius 1 is 1.00 bits per heavy atom. The van der Waals surface area contributed by atoms with Crippen molar-refractivity contribution in [3.05, 3.63) is 46.8 Å². The molecule has 0 unspecified atom stereocenters. The molecule has 1 N–H and O–H groups in total. The van der Waals surface area contributed by atoms with Crippen LogP contribution in [0.1, 0.15) is 38.4 Å². The summed E-state index contributed by atoms with van der Waals surface area (Å²) in [5.74, 6) is -0.259. The summed E-state index contributed by atoms with van der Waals surface area (Å²) in [6, 6.07) is 5.01. The molecule has 0 atom stereocenters. The number of phenolic OH excluding ortho intramolecular Hbond substituents is 1. The first-order valence-corrected chi connectivity index (χ1v) is 8.75. The van der Waals surface area contributed by atoms with Crippen molar-refractivity contribution in [1.82, 2.24) is 19.6 Å². The number of aromatic nitrogens is 2. The fraction of sp³-hybridized carbons (Fsp3) is 0.421. The van der Waals surface area contributed by atoms with Crippen LogP contribution in [0, 0.1) is 13.8 Å². The summed E-state index contributed by atoms with van der Waals surface area (Å²) in [5.41, 5.74) is 2.66. The van der Waals surface area contributed by atoms with Gasteiger partial charge in [0.15, 0.2) is 0 Å². The number of phenols is 1. The Kier molecular flexibility index (Phi) is 4.97. The number of amides is 2. The van der Waals surface area contributed by atoms with Gasteiger partial charge in [-0.3, -0.25) is 14.3 Å². The molecule has 1 aliphatic heterocycles. The summed E-state index contributed by atoms with van der Waals surface area (Å²) in [7, 11) is 1.81. The van der Waals surface area contributed by atoms with Crippen LogP contribution < -0.4 is 0 Å². The Morgan fingerprint density at radius 3 is 2.19 bits per heavy atom. The van der Waals surface area contributed by atoms with Crippen molar-refractivity contribution in [2.75, 3.05) is 26.2 Å². The Balaban J connectivity index is 1.72. The van der Waals surface area contributed by atoms with Crippen LogP contribution >= 0.6 is 0 Å². The first-order chi connectivity index (χ1) is 12.4. The maximum absolute atomic E-state index is 12.8. The quantitative estimate of drug-likeness (QED) is 0.889. The van der Waals surface area contributed by atoms with Gasteiger partial charge in [0.05, 0.1) is 17.3 Å². The van der Waals surface area contributed by atoms with Crippen molar-refractivity contribution in [2.45, 2.75) is 20.3 Å². The lowest BCUT2D eigenvalue weighted by atomic mass is 10.1. The van der Waals surface area contributed by atoms with Gasteiger partial charge in [0, 0.05) is 38.9 Å². The van der Waals surface area contributed by atoms with Crippen LogP contribution in [-0.4, -0.2) is 62.7 Å².